The van der Waals surface area contributed by atoms with E-state index in [0.29, 0.717) is 5.69 Å². The van der Waals surface area contributed by atoms with Gasteiger partial charge in [0.15, 0.2) is 0 Å². The van der Waals surface area contributed by atoms with E-state index in [9.17, 15) is 14.0 Å². The fourth-order valence-electron chi connectivity index (χ4n) is 2.85. The highest BCUT2D eigenvalue weighted by molar-refractivity contribution is 6.43. The monoisotopic (exact) mass is 341 g/mol. The van der Waals surface area contributed by atoms with Crippen LogP contribution in [-0.4, -0.2) is 24.9 Å². The largest absolute Gasteiger partial charge is 0.372 e. The topological polar surface area (TPSA) is 61.4 Å². The molecular weight excluding hydrogens is 321 g/mol. The maximum absolute atomic E-state index is 13.1. The van der Waals surface area contributed by atoms with Crippen molar-refractivity contribution in [3.8, 4) is 0 Å². The van der Waals surface area contributed by atoms with Gasteiger partial charge in [-0.2, -0.15) is 0 Å². The number of hydrogen-bond donors (Lipinski definition) is 2. The molecule has 1 heterocycles. The van der Waals surface area contributed by atoms with Gasteiger partial charge < -0.3 is 15.5 Å². The molecule has 130 valence electrons. The van der Waals surface area contributed by atoms with E-state index in [0.717, 1.165) is 24.8 Å². The first-order valence-electron chi connectivity index (χ1n) is 8.35. The number of rotatable bonds is 3. The fourth-order valence-corrected chi connectivity index (χ4v) is 2.85. The third kappa shape index (κ3) is 4.56. The van der Waals surface area contributed by atoms with Gasteiger partial charge in [-0.25, -0.2) is 4.39 Å². The second kappa shape index (κ2) is 7.79. The maximum Gasteiger partial charge on any atom is 0.314 e. The van der Waals surface area contributed by atoms with Crippen molar-refractivity contribution < 1.29 is 14.0 Å². The predicted molar refractivity (Wildman–Crippen MR) is 96.2 cm³/mol. The van der Waals surface area contributed by atoms with Gasteiger partial charge in [0.05, 0.1) is 0 Å². The molecule has 6 heteroatoms. The standard InChI is InChI=1S/C19H20FN3O2/c20-14-5-4-6-16(13-14)22-19(25)18(24)21-15-7-9-17(10-8-15)23-11-2-1-3-12-23/h4-10,13H,1-3,11-12H2,(H,21,24)(H,22,25). The Kier molecular flexibility index (Phi) is 5.28. The molecule has 25 heavy (non-hydrogen) atoms. The highest BCUT2D eigenvalue weighted by atomic mass is 19.1. The number of hydrogen-bond acceptors (Lipinski definition) is 3. The van der Waals surface area contributed by atoms with E-state index in [1.807, 2.05) is 12.1 Å². The minimum atomic E-state index is -0.842. The van der Waals surface area contributed by atoms with Crippen LogP contribution in [0.1, 0.15) is 19.3 Å². The van der Waals surface area contributed by atoms with Crippen molar-refractivity contribution in [2.24, 2.45) is 0 Å². The number of carbonyl (C=O) groups is 2. The van der Waals surface area contributed by atoms with Crippen molar-refractivity contribution >= 4 is 28.9 Å². The zero-order valence-corrected chi connectivity index (χ0v) is 13.8. The van der Waals surface area contributed by atoms with Crippen LogP contribution < -0.4 is 15.5 Å². The number of piperidine rings is 1. The molecular formula is C19H20FN3O2. The molecule has 0 spiro atoms. The molecule has 5 nitrogen and oxygen atoms in total. The maximum atomic E-state index is 13.1. The predicted octanol–water partition coefficient (Wildman–Crippen LogP) is 3.39. The minimum absolute atomic E-state index is 0.237. The first-order chi connectivity index (χ1) is 12.1. The number of benzene rings is 2. The van der Waals surface area contributed by atoms with Crippen LogP contribution in [-0.2, 0) is 9.59 Å². The average Bonchev–Trinajstić information content (AvgIpc) is 2.63. The molecule has 0 aromatic heterocycles. The lowest BCUT2D eigenvalue weighted by atomic mass is 10.1. The van der Waals surface area contributed by atoms with E-state index in [2.05, 4.69) is 15.5 Å². The lowest BCUT2D eigenvalue weighted by molar-refractivity contribution is -0.133. The molecule has 0 aliphatic carbocycles. The lowest BCUT2D eigenvalue weighted by Gasteiger charge is -2.28. The summed E-state index contributed by atoms with van der Waals surface area (Å²) >= 11 is 0. The third-order valence-corrected chi connectivity index (χ3v) is 4.14. The Bertz CT molecular complexity index is 756. The van der Waals surface area contributed by atoms with Gasteiger partial charge in [-0.05, 0) is 61.7 Å². The van der Waals surface area contributed by atoms with Gasteiger partial charge >= 0.3 is 11.8 Å². The zero-order valence-electron chi connectivity index (χ0n) is 13.8. The van der Waals surface area contributed by atoms with Gasteiger partial charge in [0.25, 0.3) is 0 Å². The van der Waals surface area contributed by atoms with Gasteiger partial charge in [-0.1, -0.05) is 6.07 Å². The van der Waals surface area contributed by atoms with Crippen molar-refractivity contribution in [3.63, 3.8) is 0 Å². The van der Waals surface area contributed by atoms with Crippen molar-refractivity contribution in [2.75, 3.05) is 28.6 Å². The number of amides is 2. The molecule has 0 bridgehead atoms. The van der Waals surface area contributed by atoms with Crippen LogP contribution in [0.15, 0.2) is 48.5 Å². The molecule has 3 rings (SSSR count). The van der Waals surface area contributed by atoms with Crippen molar-refractivity contribution in [1.82, 2.24) is 0 Å². The minimum Gasteiger partial charge on any atom is -0.372 e. The smallest absolute Gasteiger partial charge is 0.314 e. The Morgan fingerprint density at radius 1 is 0.840 bits per heavy atom. The van der Waals surface area contributed by atoms with Crippen LogP contribution in [0.2, 0.25) is 0 Å². The second-order valence-corrected chi connectivity index (χ2v) is 6.01. The van der Waals surface area contributed by atoms with Crippen molar-refractivity contribution in [1.29, 1.82) is 0 Å². The van der Waals surface area contributed by atoms with Crippen molar-refractivity contribution in [2.45, 2.75) is 19.3 Å². The molecule has 2 aromatic carbocycles. The summed E-state index contributed by atoms with van der Waals surface area (Å²) in [7, 11) is 0. The number of carbonyl (C=O) groups excluding carboxylic acids is 2. The van der Waals surface area contributed by atoms with Crippen molar-refractivity contribution in [3.05, 3.63) is 54.3 Å². The molecule has 0 atom stereocenters. The summed E-state index contributed by atoms with van der Waals surface area (Å²) in [6.07, 6.45) is 3.66. The van der Waals surface area contributed by atoms with Gasteiger partial charge in [-0.3, -0.25) is 9.59 Å². The quantitative estimate of drug-likeness (QED) is 0.841. The molecule has 1 aliphatic rings. The van der Waals surface area contributed by atoms with Crippen LogP contribution in [0.4, 0.5) is 21.5 Å². The van der Waals surface area contributed by atoms with E-state index < -0.39 is 17.6 Å². The van der Waals surface area contributed by atoms with Crippen LogP contribution in [0.3, 0.4) is 0 Å². The molecule has 0 unspecified atom stereocenters. The Balaban J connectivity index is 1.57. The second-order valence-electron chi connectivity index (χ2n) is 6.01. The van der Waals surface area contributed by atoms with Gasteiger partial charge in [0.2, 0.25) is 0 Å². The summed E-state index contributed by atoms with van der Waals surface area (Å²) in [6, 6.07) is 12.8. The van der Waals surface area contributed by atoms with Crippen LogP contribution >= 0.6 is 0 Å². The summed E-state index contributed by atoms with van der Waals surface area (Å²) in [5, 5.41) is 4.91. The van der Waals surface area contributed by atoms with Crippen LogP contribution in [0, 0.1) is 5.82 Å². The Morgan fingerprint density at radius 3 is 2.12 bits per heavy atom. The average molecular weight is 341 g/mol. The summed E-state index contributed by atoms with van der Waals surface area (Å²) < 4.78 is 13.1. The Labute approximate surface area is 145 Å². The molecule has 0 radical (unpaired) electrons. The molecule has 2 N–H and O–H groups in total. The van der Waals surface area contributed by atoms with Gasteiger partial charge in [0.1, 0.15) is 5.82 Å². The number of halogens is 1. The Hall–Kier alpha value is -2.89. The summed E-state index contributed by atoms with van der Waals surface area (Å²) in [6.45, 7) is 2.09. The molecule has 1 saturated heterocycles. The molecule has 2 amide bonds. The number of anilines is 3. The SMILES string of the molecule is O=C(Nc1ccc(N2CCCCC2)cc1)C(=O)Nc1cccc(F)c1. The summed E-state index contributed by atoms with van der Waals surface area (Å²) in [4.78, 5) is 26.2. The highest BCUT2D eigenvalue weighted by Gasteiger charge is 2.15. The van der Waals surface area contributed by atoms with Crippen LogP contribution in [0.5, 0.6) is 0 Å². The summed E-state index contributed by atoms with van der Waals surface area (Å²) in [5.74, 6) is -2.12. The molecule has 1 aliphatic heterocycles. The first kappa shape index (κ1) is 17.0. The van der Waals surface area contributed by atoms with E-state index in [4.69, 9.17) is 0 Å². The normalized spacial score (nSPS) is 14.0. The van der Waals surface area contributed by atoms with E-state index >= 15 is 0 Å². The Morgan fingerprint density at radius 2 is 1.48 bits per heavy atom. The molecule has 0 saturated carbocycles. The highest BCUT2D eigenvalue weighted by Crippen LogP contribution is 2.21. The van der Waals surface area contributed by atoms with Crippen LogP contribution in [0.25, 0.3) is 0 Å². The van der Waals surface area contributed by atoms with Gasteiger partial charge in [0, 0.05) is 30.2 Å². The third-order valence-electron chi connectivity index (χ3n) is 4.14. The first-order valence-corrected chi connectivity index (χ1v) is 8.35. The van der Waals surface area contributed by atoms with E-state index in [-0.39, 0.29) is 5.69 Å². The van der Waals surface area contributed by atoms with Gasteiger partial charge in [-0.15, -0.1) is 0 Å². The van der Waals surface area contributed by atoms with E-state index in [1.165, 1.54) is 37.5 Å². The number of nitrogens with zero attached hydrogens (tertiary/aromatic N) is 1. The fraction of sp³-hybridized carbons (Fsp3) is 0.263. The molecule has 2 aromatic rings. The molecule has 1 fully saturated rings. The van der Waals surface area contributed by atoms with E-state index in [1.54, 1.807) is 12.1 Å². The number of nitrogens with one attached hydrogen (secondary N) is 2. The zero-order chi connectivity index (χ0) is 17.6. The lowest BCUT2D eigenvalue weighted by Crippen LogP contribution is -2.30. The summed E-state index contributed by atoms with van der Waals surface area (Å²) in [5.41, 5.74) is 1.89.